The van der Waals surface area contributed by atoms with E-state index in [0.717, 1.165) is 18.3 Å². The standard InChI is InChI=1S/C17H20FN3O2S/c18-14-9-5-4-8-13(14)16-20-21-17(23-16)24-11-15(22)19-10-12-6-2-1-3-7-12/h4-5,8-9,12H,1-3,6-7,10-11H2,(H,19,22). The van der Waals surface area contributed by atoms with Gasteiger partial charge in [-0.15, -0.1) is 10.2 Å². The third kappa shape index (κ3) is 4.56. The molecule has 1 aromatic carbocycles. The van der Waals surface area contributed by atoms with Gasteiger partial charge in [-0.05, 0) is 30.9 Å². The lowest BCUT2D eigenvalue weighted by Gasteiger charge is -2.21. The van der Waals surface area contributed by atoms with Gasteiger partial charge in [0, 0.05) is 6.54 Å². The number of carbonyl (C=O) groups excluding carboxylic acids is 1. The Labute approximate surface area is 144 Å². The summed E-state index contributed by atoms with van der Waals surface area (Å²) in [5, 5.41) is 10.9. The van der Waals surface area contributed by atoms with Gasteiger partial charge in [0.25, 0.3) is 11.1 Å². The Morgan fingerprint density at radius 1 is 1.25 bits per heavy atom. The topological polar surface area (TPSA) is 68.0 Å². The van der Waals surface area contributed by atoms with Crippen molar-refractivity contribution in [1.82, 2.24) is 15.5 Å². The van der Waals surface area contributed by atoms with Crippen LogP contribution < -0.4 is 5.32 Å². The maximum Gasteiger partial charge on any atom is 0.277 e. The van der Waals surface area contributed by atoms with Crippen LogP contribution in [0.2, 0.25) is 0 Å². The van der Waals surface area contributed by atoms with Crippen molar-refractivity contribution >= 4 is 17.7 Å². The van der Waals surface area contributed by atoms with Crippen molar-refractivity contribution in [2.45, 2.75) is 37.3 Å². The maximum absolute atomic E-state index is 13.7. The molecule has 1 aliphatic carbocycles. The van der Waals surface area contributed by atoms with E-state index in [4.69, 9.17) is 4.42 Å². The molecule has 0 atom stereocenters. The number of thioether (sulfide) groups is 1. The molecule has 0 radical (unpaired) electrons. The van der Waals surface area contributed by atoms with Crippen LogP contribution in [0.15, 0.2) is 33.9 Å². The smallest absolute Gasteiger partial charge is 0.277 e. The molecule has 1 fully saturated rings. The molecule has 3 rings (SSSR count). The van der Waals surface area contributed by atoms with Crippen molar-refractivity contribution < 1.29 is 13.6 Å². The third-order valence-electron chi connectivity index (χ3n) is 4.15. The van der Waals surface area contributed by atoms with Crippen LogP contribution in [0.25, 0.3) is 11.5 Å². The van der Waals surface area contributed by atoms with E-state index < -0.39 is 5.82 Å². The minimum absolute atomic E-state index is 0.0452. The Kier molecular flexibility index (Phi) is 5.85. The molecule has 1 N–H and O–H groups in total. The highest BCUT2D eigenvalue weighted by molar-refractivity contribution is 7.99. The second-order valence-electron chi connectivity index (χ2n) is 5.95. The van der Waals surface area contributed by atoms with E-state index in [1.165, 1.54) is 38.2 Å². The third-order valence-corrected chi connectivity index (χ3v) is 4.97. The highest BCUT2D eigenvalue weighted by Gasteiger charge is 2.16. The predicted octanol–water partition coefficient (Wildman–Crippen LogP) is 3.66. The summed E-state index contributed by atoms with van der Waals surface area (Å²) in [6.45, 7) is 0.740. The number of hydrogen-bond acceptors (Lipinski definition) is 5. The van der Waals surface area contributed by atoms with Gasteiger partial charge in [0.15, 0.2) is 0 Å². The number of carbonyl (C=O) groups is 1. The van der Waals surface area contributed by atoms with Gasteiger partial charge >= 0.3 is 0 Å². The van der Waals surface area contributed by atoms with Crippen LogP contribution in [0.1, 0.15) is 32.1 Å². The van der Waals surface area contributed by atoms with Crippen LogP contribution in [-0.4, -0.2) is 28.4 Å². The molecular formula is C17H20FN3O2S. The lowest BCUT2D eigenvalue weighted by molar-refractivity contribution is -0.118. The summed E-state index contributed by atoms with van der Waals surface area (Å²) < 4.78 is 19.1. The van der Waals surface area contributed by atoms with Crippen molar-refractivity contribution in [3.8, 4) is 11.5 Å². The van der Waals surface area contributed by atoms with Crippen molar-refractivity contribution in [3.63, 3.8) is 0 Å². The monoisotopic (exact) mass is 349 g/mol. The van der Waals surface area contributed by atoms with Crippen LogP contribution in [-0.2, 0) is 4.79 Å². The molecule has 0 spiro atoms. The maximum atomic E-state index is 13.7. The number of amides is 1. The number of hydrogen-bond donors (Lipinski definition) is 1. The second kappa shape index (κ2) is 8.28. The number of benzene rings is 1. The first-order valence-corrected chi connectivity index (χ1v) is 9.19. The van der Waals surface area contributed by atoms with E-state index in [1.807, 2.05) is 0 Å². The molecule has 2 aromatic rings. The Morgan fingerprint density at radius 2 is 2.04 bits per heavy atom. The molecule has 24 heavy (non-hydrogen) atoms. The lowest BCUT2D eigenvalue weighted by Crippen LogP contribution is -2.31. The van der Waals surface area contributed by atoms with Gasteiger partial charge in [0.2, 0.25) is 5.91 Å². The summed E-state index contributed by atoms with van der Waals surface area (Å²) in [6.07, 6.45) is 6.22. The number of aromatic nitrogens is 2. The molecule has 1 heterocycles. The minimum Gasteiger partial charge on any atom is -0.411 e. The van der Waals surface area contributed by atoms with Gasteiger partial charge in [-0.1, -0.05) is 43.2 Å². The SMILES string of the molecule is O=C(CSc1nnc(-c2ccccc2F)o1)NCC1CCCCC1. The molecule has 1 amide bonds. The molecule has 1 aromatic heterocycles. The molecule has 7 heteroatoms. The zero-order chi connectivity index (χ0) is 16.8. The predicted molar refractivity (Wildman–Crippen MR) is 90.0 cm³/mol. The summed E-state index contributed by atoms with van der Waals surface area (Å²) in [6, 6.07) is 6.22. The fourth-order valence-electron chi connectivity index (χ4n) is 2.84. The summed E-state index contributed by atoms with van der Waals surface area (Å²) in [4.78, 5) is 11.9. The first-order valence-electron chi connectivity index (χ1n) is 8.20. The molecule has 0 saturated heterocycles. The highest BCUT2D eigenvalue weighted by Crippen LogP contribution is 2.25. The van der Waals surface area contributed by atoms with E-state index in [9.17, 15) is 9.18 Å². The number of nitrogens with zero attached hydrogens (tertiary/aromatic N) is 2. The van der Waals surface area contributed by atoms with Gasteiger partial charge in [-0.3, -0.25) is 4.79 Å². The van der Waals surface area contributed by atoms with Crippen molar-refractivity contribution in [3.05, 3.63) is 30.1 Å². The fraction of sp³-hybridized carbons (Fsp3) is 0.471. The highest BCUT2D eigenvalue weighted by atomic mass is 32.2. The normalized spacial score (nSPS) is 15.4. The van der Waals surface area contributed by atoms with Crippen molar-refractivity contribution in [1.29, 1.82) is 0 Å². The number of rotatable bonds is 6. The van der Waals surface area contributed by atoms with Gasteiger partial charge < -0.3 is 9.73 Å². The molecule has 1 aliphatic rings. The Hall–Kier alpha value is -1.89. The van der Waals surface area contributed by atoms with Crippen LogP contribution in [0.3, 0.4) is 0 Å². The van der Waals surface area contributed by atoms with E-state index >= 15 is 0 Å². The Balaban J connectivity index is 1.46. The fourth-order valence-corrected chi connectivity index (χ4v) is 3.43. The van der Waals surface area contributed by atoms with Gasteiger partial charge in [-0.25, -0.2) is 4.39 Å². The van der Waals surface area contributed by atoms with Crippen molar-refractivity contribution in [2.75, 3.05) is 12.3 Å². The zero-order valence-electron chi connectivity index (χ0n) is 13.3. The van der Waals surface area contributed by atoms with Crippen LogP contribution in [0.5, 0.6) is 0 Å². The molecule has 1 saturated carbocycles. The van der Waals surface area contributed by atoms with E-state index in [1.54, 1.807) is 18.2 Å². The lowest BCUT2D eigenvalue weighted by atomic mass is 9.89. The van der Waals surface area contributed by atoms with Crippen LogP contribution in [0, 0.1) is 11.7 Å². The van der Waals surface area contributed by atoms with Gasteiger partial charge in [0.1, 0.15) is 5.82 Å². The summed E-state index contributed by atoms with van der Waals surface area (Å²) >= 11 is 1.16. The number of nitrogens with one attached hydrogen (secondary N) is 1. The van der Waals surface area contributed by atoms with Crippen LogP contribution >= 0.6 is 11.8 Å². The number of halogens is 1. The summed E-state index contributed by atoms with van der Waals surface area (Å²) in [5.74, 6) is 0.479. The Morgan fingerprint density at radius 3 is 2.83 bits per heavy atom. The van der Waals surface area contributed by atoms with Gasteiger partial charge in [-0.2, -0.15) is 0 Å². The Bertz CT molecular complexity index is 686. The first kappa shape index (κ1) is 17.0. The molecule has 0 aliphatic heterocycles. The average Bonchev–Trinajstić information content (AvgIpc) is 3.08. The summed E-state index contributed by atoms with van der Waals surface area (Å²) in [7, 11) is 0. The molecule has 0 unspecified atom stereocenters. The summed E-state index contributed by atoms with van der Waals surface area (Å²) in [5.41, 5.74) is 0.263. The zero-order valence-corrected chi connectivity index (χ0v) is 14.2. The van der Waals surface area contributed by atoms with Gasteiger partial charge in [0.05, 0.1) is 11.3 Å². The molecular weight excluding hydrogens is 329 g/mol. The molecule has 5 nitrogen and oxygen atoms in total. The second-order valence-corrected chi connectivity index (χ2v) is 6.88. The molecule has 128 valence electrons. The van der Waals surface area contributed by atoms with Crippen molar-refractivity contribution in [2.24, 2.45) is 5.92 Å². The minimum atomic E-state index is -0.414. The van der Waals surface area contributed by atoms with E-state index in [2.05, 4.69) is 15.5 Å². The average molecular weight is 349 g/mol. The quantitative estimate of drug-likeness (QED) is 0.806. The van der Waals surface area contributed by atoms with E-state index in [0.29, 0.717) is 5.92 Å². The first-order chi connectivity index (χ1) is 11.7. The molecule has 0 bridgehead atoms. The van der Waals surface area contributed by atoms with E-state index in [-0.39, 0.29) is 28.3 Å². The largest absolute Gasteiger partial charge is 0.411 e. The van der Waals surface area contributed by atoms with Crippen LogP contribution in [0.4, 0.5) is 4.39 Å².